The van der Waals surface area contributed by atoms with E-state index in [-0.39, 0.29) is 6.42 Å². The molecule has 0 aliphatic carbocycles. The molecule has 0 aliphatic rings. The van der Waals surface area contributed by atoms with Gasteiger partial charge in [0.2, 0.25) is 5.91 Å². The molecule has 0 aromatic rings. The number of aliphatic hydroxyl groups is 2. The minimum Gasteiger partial charge on any atom is -0.387 e. The molecule has 0 spiro atoms. The first kappa shape index (κ1) is 20.7. The second-order valence-corrected chi connectivity index (χ2v) is 5.41. The normalized spacial score (nSPS) is 10.5. The number of amides is 3. The molecule has 0 saturated carbocycles. The molecule has 0 saturated heterocycles. The first-order valence-corrected chi connectivity index (χ1v) is 8.18. The topological polar surface area (TPSA) is 94.9 Å². The number of carbonyl (C=O) groups excluding carboxylic acids is 3. The Morgan fingerprint density at radius 3 is 1.50 bits per heavy atom. The van der Waals surface area contributed by atoms with Crippen LogP contribution in [0.25, 0.3) is 0 Å². The SMILES string of the molecule is CCCCCCCCCCCC(=O)N(C(=O)CO)C(=O)CO. The van der Waals surface area contributed by atoms with Gasteiger partial charge in [-0.25, -0.2) is 4.90 Å². The maximum atomic E-state index is 11.8. The lowest BCUT2D eigenvalue weighted by atomic mass is 10.1. The summed E-state index contributed by atoms with van der Waals surface area (Å²) < 4.78 is 0. The minimum absolute atomic E-state index is 0.0767. The number of rotatable bonds is 12. The molecule has 0 rings (SSSR count). The summed E-state index contributed by atoms with van der Waals surface area (Å²) >= 11 is 0. The Kier molecular flexibility index (Phi) is 12.6. The maximum Gasteiger partial charge on any atom is 0.261 e. The largest absolute Gasteiger partial charge is 0.387 e. The van der Waals surface area contributed by atoms with Crippen molar-refractivity contribution < 1.29 is 24.6 Å². The molecule has 0 aliphatic heterocycles. The first-order valence-electron chi connectivity index (χ1n) is 8.18. The van der Waals surface area contributed by atoms with Crippen LogP contribution in [0.5, 0.6) is 0 Å². The van der Waals surface area contributed by atoms with Gasteiger partial charge in [-0.2, -0.15) is 0 Å². The molecule has 0 fully saturated rings. The van der Waals surface area contributed by atoms with E-state index in [1.165, 1.54) is 32.1 Å². The highest BCUT2D eigenvalue weighted by Crippen LogP contribution is 2.11. The Hall–Kier alpha value is -1.27. The van der Waals surface area contributed by atoms with Gasteiger partial charge in [0.25, 0.3) is 11.8 Å². The molecule has 2 N–H and O–H groups in total. The van der Waals surface area contributed by atoms with Crippen LogP contribution in [-0.2, 0) is 14.4 Å². The summed E-state index contributed by atoms with van der Waals surface area (Å²) in [4.78, 5) is 34.8. The van der Waals surface area contributed by atoms with E-state index in [2.05, 4.69) is 6.92 Å². The fourth-order valence-corrected chi connectivity index (χ4v) is 2.26. The predicted molar refractivity (Wildman–Crippen MR) is 82.9 cm³/mol. The minimum atomic E-state index is -0.986. The molecule has 0 radical (unpaired) electrons. The molecule has 22 heavy (non-hydrogen) atoms. The van der Waals surface area contributed by atoms with Crippen LogP contribution in [0.4, 0.5) is 0 Å². The first-order chi connectivity index (χ1) is 10.6. The van der Waals surface area contributed by atoms with Crippen LogP contribution in [-0.4, -0.2) is 46.0 Å². The van der Waals surface area contributed by atoms with E-state index in [1.54, 1.807) is 0 Å². The number of hydrogen-bond acceptors (Lipinski definition) is 5. The van der Waals surface area contributed by atoms with Crippen molar-refractivity contribution in [1.82, 2.24) is 4.90 Å². The van der Waals surface area contributed by atoms with Gasteiger partial charge in [0.05, 0.1) is 0 Å². The van der Waals surface area contributed by atoms with Crippen LogP contribution in [0.1, 0.15) is 71.1 Å². The number of nitrogens with zero attached hydrogens (tertiary/aromatic N) is 1. The van der Waals surface area contributed by atoms with E-state index in [9.17, 15) is 14.4 Å². The van der Waals surface area contributed by atoms with Gasteiger partial charge in [0.15, 0.2) is 0 Å². The van der Waals surface area contributed by atoms with Crippen LogP contribution in [0.15, 0.2) is 0 Å². The molecule has 6 heteroatoms. The van der Waals surface area contributed by atoms with Crippen LogP contribution in [0, 0.1) is 0 Å². The van der Waals surface area contributed by atoms with Crippen molar-refractivity contribution in [2.24, 2.45) is 0 Å². The van der Waals surface area contributed by atoms with Crippen LogP contribution in [0.3, 0.4) is 0 Å². The van der Waals surface area contributed by atoms with E-state index in [0.29, 0.717) is 11.3 Å². The number of hydrogen-bond donors (Lipinski definition) is 2. The van der Waals surface area contributed by atoms with Gasteiger partial charge in [-0.1, -0.05) is 58.3 Å². The fourth-order valence-electron chi connectivity index (χ4n) is 2.26. The van der Waals surface area contributed by atoms with Crippen molar-refractivity contribution in [2.75, 3.05) is 13.2 Å². The van der Waals surface area contributed by atoms with Gasteiger partial charge in [-0.3, -0.25) is 14.4 Å². The molecule has 0 atom stereocenters. The lowest BCUT2D eigenvalue weighted by Gasteiger charge is -2.16. The lowest BCUT2D eigenvalue weighted by molar-refractivity contribution is -0.156. The zero-order valence-corrected chi connectivity index (χ0v) is 13.6. The monoisotopic (exact) mass is 315 g/mol. The van der Waals surface area contributed by atoms with Crippen LogP contribution < -0.4 is 0 Å². The quantitative estimate of drug-likeness (QED) is 0.535. The molecule has 0 unspecified atom stereocenters. The van der Waals surface area contributed by atoms with E-state index in [0.717, 1.165) is 19.3 Å². The van der Waals surface area contributed by atoms with Crippen molar-refractivity contribution >= 4 is 17.7 Å². The summed E-state index contributed by atoms with van der Waals surface area (Å²) in [5, 5.41) is 17.5. The highest BCUT2D eigenvalue weighted by Gasteiger charge is 2.26. The number of carbonyl (C=O) groups is 3. The zero-order chi connectivity index (χ0) is 16.8. The van der Waals surface area contributed by atoms with Gasteiger partial charge in [-0.05, 0) is 6.42 Å². The standard InChI is InChI=1S/C16H29NO5/c1-2-3-4-5-6-7-8-9-10-11-14(20)17(15(21)12-18)16(22)13-19/h18-19H,2-13H2,1H3. The van der Waals surface area contributed by atoms with Crippen molar-refractivity contribution in [2.45, 2.75) is 71.1 Å². The van der Waals surface area contributed by atoms with Crippen molar-refractivity contribution in [3.8, 4) is 0 Å². The molecule has 0 bridgehead atoms. The van der Waals surface area contributed by atoms with Crippen molar-refractivity contribution in [3.63, 3.8) is 0 Å². The average molecular weight is 315 g/mol. The molecule has 128 valence electrons. The Morgan fingerprint density at radius 1 is 0.682 bits per heavy atom. The molecule has 6 nitrogen and oxygen atoms in total. The van der Waals surface area contributed by atoms with E-state index < -0.39 is 30.9 Å². The highest BCUT2D eigenvalue weighted by molar-refractivity contribution is 6.11. The van der Waals surface area contributed by atoms with Crippen molar-refractivity contribution in [1.29, 1.82) is 0 Å². The maximum absolute atomic E-state index is 11.8. The zero-order valence-electron chi connectivity index (χ0n) is 13.6. The Labute approximate surface area is 132 Å². The van der Waals surface area contributed by atoms with E-state index >= 15 is 0 Å². The van der Waals surface area contributed by atoms with Crippen molar-refractivity contribution in [3.05, 3.63) is 0 Å². The Bertz CT molecular complexity index is 327. The molecular formula is C16H29NO5. The van der Waals surface area contributed by atoms with Gasteiger partial charge in [-0.15, -0.1) is 0 Å². The summed E-state index contributed by atoms with van der Waals surface area (Å²) in [6, 6.07) is 0. The van der Waals surface area contributed by atoms with Crippen LogP contribution in [0.2, 0.25) is 0 Å². The van der Waals surface area contributed by atoms with Gasteiger partial charge < -0.3 is 10.2 Å². The molecule has 3 amide bonds. The summed E-state index contributed by atoms with van der Waals surface area (Å²) in [6.07, 6.45) is 9.94. The average Bonchev–Trinajstić information content (AvgIpc) is 2.52. The second kappa shape index (κ2) is 13.4. The molecule has 0 aromatic carbocycles. The number of aliphatic hydroxyl groups excluding tert-OH is 2. The smallest absolute Gasteiger partial charge is 0.261 e. The summed E-state index contributed by atoms with van der Waals surface area (Å²) in [7, 11) is 0. The van der Waals surface area contributed by atoms with Gasteiger partial charge >= 0.3 is 0 Å². The number of imide groups is 3. The van der Waals surface area contributed by atoms with E-state index in [1.807, 2.05) is 0 Å². The molecule has 0 aromatic heterocycles. The number of unbranched alkanes of at least 4 members (excludes halogenated alkanes) is 8. The Morgan fingerprint density at radius 2 is 1.09 bits per heavy atom. The summed E-state index contributed by atoms with van der Waals surface area (Å²) in [5.41, 5.74) is 0. The van der Waals surface area contributed by atoms with Gasteiger partial charge in [0.1, 0.15) is 13.2 Å². The van der Waals surface area contributed by atoms with Crippen LogP contribution >= 0.6 is 0 Å². The fraction of sp³-hybridized carbons (Fsp3) is 0.812. The molecular weight excluding hydrogens is 286 g/mol. The third-order valence-electron chi connectivity index (χ3n) is 3.51. The lowest BCUT2D eigenvalue weighted by Crippen LogP contribution is -2.44. The van der Waals surface area contributed by atoms with E-state index in [4.69, 9.17) is 10.2 Å². The van der Waals surface area contributed by atoms with Gasteiger partial charge in [0, 0.05) is 6.42 Å². The molecule has 0 heterocycles. The third-order valence-corrected chi connectivity index (χ3v) is 3.51. The Balaban J connectivity index is 3.86. The summed E-state index contributed by atoms with van der Waals surface area (Å²) in [5.74, 6) is -2.62. The highest BCUT2D eigenvalue weighted by atomic mass is 16.3. The predicted octanol–water partition coefficient (Wildman–Crippen LogP) is 1.77. The second-order valence-electron chi connectivity index (χ2n) is 5.41. The summed E-state index contributed by atoms with van der Waals surface area (Å²) in [6.45, 7) is 0.341. The third kappa shape index (κ3) is 8.89.